The van der Waals surface area contributed by atoms with E-state index in [0.717, 1.165) is 17.8 Å². The molecule has 90 valence electrons. The summed E-state index contributed by atoms with van der Waals surface area (Å²) in [6, 6.07) is 6.60. The Labute approximate surface area is 105 Å². The summed E-state index contributed by atoms with van der Waals surface area (Å²) < 4.78 is 6.84. The standard InChI is InChI=1S/C13H16N2OS/c1-2-16-10-6-3-7-11-12(10)15-13(17-11)9-5-4-8-14-9/h3,6-7,9,14H,2,4-5,8H2,1H3. The second-order valence-electron chi connectivity index (χ2n) is 4.24. The van der Waals surface area contributed by atoms with Crippen molar-refractivity contribution >= 4 is 21.6 Å². The van der Waals surface area contributed by atoms with Crippen molar-refractivity contribution in [3.05, 3.63) is 23.2 Å². The van der Waals surface area contributed by atoms with Crippen molar-refractivity contribution in [2.24, 2.45) is 0 Å². The van der Waals surface area contributed by atoms with Crippen molar-refractivity contribution in [1.82, 2.24) is 10.3 Å². The first-order valence-corrected chi connectivity index (χ1v) is 6.96. The van der Waals surface area contributed by atoms with Crippen LogP contribution in [0.5, 0.6) is 5.75 Å². The normalized spacial score (nSPS) is 19.9. The van der Waals surface area contributed by atoms with Crippen molar-refractivity contribution in [3.63, 3.8) is 0 Å². The van der Waals surface area contributed by atoms with Gasteiger partial charge in [-0.3, -0.25) is 0 Å². The Morgan fingerprint density at radius 3 is 3.24 bits per heavy atom. The Hall–Kier alpha value is -1.13. The minimum atomic E-state index is 0.446. The minimum absolute atomic E-state index is 0.446. The second-order valence-corrected chi connectivity index (χ2v) is 5.30. The lowest BCUT2D eigenvalue weighted by atomic mass is 10.2. The van der Waals surface area contributed by atoms with Gasteiger partial charge in [-0.05, 0) is 38.4 Å². The van der Waals surface area contributed by atoms with Crippen LogP contribution in [0.2, 0.25) is 0 Å². The van der Waals surface area contributed by atoms with Gasteiger partial charge < -0.3 is 10.1 Å². The summed E-state index contributed by atoms with van der Waals surface area (Å²) in [5.74, 6) is 0.908. The Balaban J connectivity index is 2.02. The van der Waals surface area contributed by atoms with E-state index in [9.17, 15) is 0 Å². The van der Waals surface area contributed by atoms with Gasteiger partial charge in [-0.1, -0.05) is 6.07 Å². The molecule has 1 aliphatic rings. The van der Waals surface area contributed by atoms with Crippen LogP contribution in [0.1, 0.15) is 30.8 Å². The average Bonchev–Trinajstić information content (AvgIpc) is 2.98. The first-order valence-electron chi connectivity index (χ1n) is 6.14. The molecule has 0 radical (unpaired) electrons. The Morgan fingerprint density at radius 1 is 1.53 bits per heavy atom. The zero-order valence-electron chi connectivity index (χ0n) is 9.90. The van der Waals surface area contributed by atoms with Gasteiger partial charge >= 0.3 is 0 Å². The lowest BCUT2D eigenvalue weighted by molar-refractivity contribution is 0.343. The molecule has 0 bridgehead atoms. The van der Waals surface area contributed by atoms with E-state index >= 15 is 0 Å². The molecule has 0 spiro atoms. The van der Waals surface area contributed by atoms with E-state index in [1.807, 2.05) is 19.1 Å². The predicted molar refractivity (Wildman–Crippen MR) is 70.8 cm³/mol. The zero-order chi connectivity index (χ0) is 11.7. The third-order valence-electron chi connectivity index (χ3n) is 3.06. The highest BCUT2D eigenvalue weighted by Crippen LogP contribution is 2.34. The molecule has 1 N–H and O–H groups in total. The van der Waals surface area contributed by atoms with Crippen LogP contribution in [-0.2, 0) is 0 Å². The molecule has 2 aromatic rings. The summed E-state index contributed by atoms with van der Waals surface area (Å²) in [5, 5.41) is 4.69. The number of hydrogen-bond donors (Lipinski definition) is 1. The highest BCUT2D eigenvalue weighted by Gasteiger charge is 2.20. The number of para-hydroxylation sites is 1. The molecular weight excluding hydrogens is 232 g/mol. The molecule has 0 amide bonds. The third-order valence-corrected chi connectivity index (χ3v) is 4.19. The second kappa shape index (κ2) is 4.63. The highest BCUT2D eigenvalue weighted by atomic mass is 32.1. The monoisotopic (exact) mass is 248 g/mol. The Bertz CT molecular complexity index is 517. The molecule has 0 aliphatic carbocycles. The smallest absolute Gasteiger partial charge is 0.146 e. The van der Waals surface area contributed by atoms with Crippen LogP contribution in [0.25, 0.3) is 10.2 Å². The van der Waals surface area contributed by atoms with Crippen molar-refractivity contribution in [1.29, 1.82) is 0 Å². The van der Waals surface area contributed by atoms with Crippen molar-refractivity contribution in [2.75, 3.05) is 13.2 Å². The number of hydrogen-bond acceptors (Lipinski definition) is 4. The summed E-state index contributed by atoms with van der Waals surface area (Å²) in [6.45, 7) is 3.80. The first kappa shape index (κ1) is 11.0. The summed E-state index contributed by atoms with van der Waals surface area (Å²) in [6.07, 6.45) is 2.45. The van der Waals surface area contributed by atoms with E-state index in [2.05, 4.69) is 11.4 Å². The fourth-order valence-electron chi connectivity index (χ4n) is 2.26. The molecule has 1 fully saturated rings. The molecule has 2 heterocycles. The predicted octanol–water partition coefficient (Wildman–Crippen LogP) is 3.12. The quantitative estimate of drug-likeness (QED) is 0.906. The number of benzene rings is 1. The Morgan fingerprint density at radius 2 is 2.47 bits per heavy atom. The summed E-state index contributed by atoms with van der Waals surface area (Å²) in [5.41, 5.74) is 1.02. The molecule has 4 heteroatoms. The maximum Gasteiger partial charge on any atom is 0.146 e. The fraction of sp³-hybridized carbons (Fsp3) is 0.462. The van der Waals surface area contributed by atoms with Crippen LogP contribution in [-0.4, -0.2) is 18.1 Å². The van der Waals surface area contributed by atoms with E-state index in [0.29, 0.717) is 12.6 Å². The van der Waals surface area contributed by atoms with Crippen LogP contribution < -0.4 is 10.1 Å². The van der Waals surface area contributed by atoms with Gasteiger partial charge in [0.15, 0.2) is 0 Å². The van der Waals surface area contributed by atoms with Gasteiger partial charge in [0.1, 0.15) is 16.3 Å². The molecule has 1 saturated heterocycles. The maximum absolute atomic E-state index is 5.62. The third kappa shape index (κ3) is 2.03. The van der Waals surface area contributed by atoms with Gasteiger partial charge in [-0.15, -0.1) is 11.3 Å². The maximum atomic E-state index is 5.62. The molecule has 0 saturated carbocycles. The molecule has 1 aliphatic heterocycles. The van der Waals surface area contributed by atoms with Crippen LogP contribution in [0.4, 0.5) is 0 Å². The number of fused-ring (bicyclic) bond motifs is 1. The molecule has 1 unspecified atom stereocenters. The summed E-state index contributed by atoms with van der Waals surface area (Å²) in [7, 11) is 0. The van der Waals surface area contributed by atoms with Crippen molar-refractivity contribution in [2.45, 2.75) is 25.8 Å². The lowest BCUT2D eigenvalue weighted by Gasteiger charge is -2.04. The minimum Gasteiger partial charge on any atom is -0.492 e. The van der Waals surface area contributed by atoms with E-state index in [-0.39, 0.29) is 0 Å². The molecule has 1 aromatic heterocycles. The number of nitrogens with zero attached hydrogens (tertiary/aromatic N) is 1. The van der Waals surface area contributed by atoms with E-state index in [4.69, 9.17) is 9.72 Å². The van der Waals surface area contributed by atoms with Gasteiger partial charge in [0.25, 0.3) is 0 Å². The van der Waals surface area contributed by atoms with Crippen LogP contribution in [0.3, 0.4) is 0 Å². The summed E-state index contributed by atoms with van der Waals surface area (Å²) in [4.78, 5) is 4.74. The Kier molecular flexibility index (Phi) is 2.99. The van der Waals surface area contributed by atoms with Gasteiger partial charge in [0.05, 0.1) is 17.3 Å². The van der Waals surface area contributed by atoms with Crippen molar-refractivity contribution < 1.29 is 4.74 Å². The van der Waals surface area contributed by atoms with Crippen molar-refractivity contribution in [3.8, 4) is 5.75 Å². The number of aromatic nitrogens is 1. The summed E-state index contributed by atoms with van der Waals surface area (Å²) >= 11 is 1.78. The molecule has 3 nitrogen and oxygen atoms in total. The highest BCUT2D eigenvalue weighted by molar-refractivity contribution is 7.18. The van der Waals surface area contributed by atoms with Gasteiger partial charge in [-0.2, -0.15) is 0 Å². The van der Waals surface area contributed by atoms with Crippen LogP contribution >= 0.6 is 11.3 Å². The van der Waals surface area contributed by atoms with E-state index in [1.54, 1.807) is 11.3 Å². The lowest BCUT2D eigenvalue weighted by Crippen LogP contribution is -2.12. The topological polar surface area (TPSA) is 34.1 Å². The van der Waals surface area contributed by atoms with Crippen LogP contribution in [0, 0.1) is 0 Å². The van der Waals surface area contributed by atoms with E-state index < -0.39 is 0 Å². The van der Waals surface area contributed by atoms with Gasteiger partial charge in [0.2, 0.25) is 0 Å². The van der Waals surface area contributed by atoms with Gasteiger partial charge in [0, 0.05) is 0 Å². The molecular formula is C13H16N2OS. The SMILES string of the molecule is CCOc1cccc2sc(C3CCCN3)nc12. The van der Waals surface area contributed by atoms with E-state index in [1.165, 1.54) is 22.5 Å². The van der Waals surface area contributed by atoms with Gasteiger partial charge in [-0.25, -0.2) is 4.98 Å². The molecule has 1 atom stereocenters. The zero-order valence-corrected chi connectivity index (χ0v) is 10.7. The average molecular weight is 248 g/mol. The molecule has 1 aromatic carbocycles. The number of nitrogens with one attached hydrogen (secondary N) is 1. The first-order chi connectivity index (χ1) is 8.38. The largest absolute Gasteiger partial charge is 0.492 e. The number of rotatable bonds is 3. The number of ether oxygens (including phenoxy) is 1. The number of thiazole rings is 1. The molecule has 3 rings (SSSR count). The fourth-order valence-corrected chi connectivity index (χ4v) is 3.35. The molecule has 17 heavy (non-hydrogen) atoms. The van der Waals surface area contributed by atoms with Crippen LogP contribution in [0.15, 0.2) is 18.2 Å².